The number of ether oxygens (including phenoxy) is 2. The molecule has 8 N–H and O–H groups in total. The molecule has 1 aliphatic rings. The Morgan fingerprint density at radius 2 is 0.946 bits per heavy atom. The van der Waals surface area contributed by atoms with Gasteiger partial charge in [0.05, 0.1) is 0 Å². The molecule has 1 fully saturated rings. The third-order valence-electron chi connectivity index (χ3n) is 4.51. The summed E-state index contributed by atoms with van der Waals surface area (Å²) in [6.07, 6.45) is -13.7. The number of esters is 1. The van der Waals surface area contributed by atoms with E-state index in [1.165, 1.54) is 0 Å². The molecule has 0 aromatic carbocycles. The fraction of sp³-hybridized carbons (Fsp3) is 0.929. The molecule has 0 aromatic heterocycles. The van der Waals surface area contributed by atoms with Crippen molar-refractivity contribution in [3.63, 3.8) is 0 Å². The predicted molar refractivity (Wildman–Crippen MR) is 117 cm³/mol. The van der Waals surface area contributed by atoms with Crippen molar-refractivity contribution in [2.75, 3.05) is 6.61 Å². The van der Waals surface area contributed by atoms with E-state index in [0.717, 1.165) is 0 Å². The van der Waals surface area contributed by atoms with Gasteiger partial charge in [0.2, 0.25) is 0 Å². The summed E-state index contributed by atoms with van der Waals surface area (Å²) in [6.45, 7) is 2.97. The molecule has 0 aliphatic heterocycles. The second-order valence-corrected chi connectivity index (χ2v) is 12.4. The lowest BCUT2D eigenvalue weighted by molar-refractivity contribution is -0.232. The van der Waals surface area contributed by atoms with Crippen molar-refractivity contribution in [1.82, 2.24) is 0 Å². The third-order valence-corrected chi connectivity index (χ3v) is 6.58. The first-order valence-corrected chi connectivity index (χ1v) is 16.6. The molecule has 1 aliphatic carbocycles. The highest BCUT2D eigenvalue weighted by Crippen LogP contribution is 2.53. The summed E-state index contributed by atoms with van der Waals surface area (Å²) < 4.78 is 75.5. The van der Waals surface area contributed by atoms with Gasteiger partial charge in [0, 0.05) is 13.0 Å². The van der Waals surface area contributed by atoms with Gasteiger partial charge >= 0.3 is 37.3 Å². The van der Waals surface area contributed by atoms with Crippen molar-refractivity contribution < 1.29 is 89.8 Å². The quantitative estimate of drug-likeness (QED) is 0.0663. The van der Waals surface area contributed by atoms with Crippen LogP contribution >= 0.6 is 31.3 Å². The molecule has 6 atom stereocenters. The van der Waals surface area contributed by atoms with Gasteiger partial charge in [-0.2, -0.15) is 0 Å². The Bertz CT molecular complexity index is 933. The van der Waals surface area contributed by atoms with Crippen molar-refractivity contribution >= 4 is 37.3 Å². The van der Waals surface area contributed by atoms with Gasteiger partial charge in [-0.05, 0) is 12.8 Å². The number of rotatable bonds is 15. The molecule has 0 heterocycles. The Morgan fingerprint density at radius 3 is 1.27 bits per heavy atom. The highest BCUT2D eigenvalue weighted by Gasteiger charge is 2.61. The second-order valence-electron chi connectivity index (χ2n) is 7.64. The number of hydrogen-bond acceptors (Lipinski definition) is 11. The molecular formula is C14H30O19P4. The van der Waals surface area contributed by atoms with Gasteiger partial charge in [-0.25, -0.2) is 18.3 Å². The van der Waals surface area contributed by atoms with Gasteiger partial charge in [-0.3, -0.25) is 22.9 Å². The smallest absolute Gasteiger partial charge is 0.457 e. The molecule has 220 valence electrons. The van der Waals surface area contributed by atoms with Crippen molar-refractivity contribution in [1.29, 1.82) is 0 Å². The minimum atomic E-state index is -5.73. The minimum absolute atomic E-state index is 0.186. The standard InChI is InChI=1S/C14H30O19P4/c1-3-5-7-28-9-10(29-8(15)6-4-2)12(31-35(19,20)21)14(33-37(25,26)27)13(32-36(22,23)24)11(9)30-34(16,17)18/h9-14H,3-7H2,1-2H3,(H2,16,17,18)(H2,19,20,21)(H2,22,23,24)(H2,25,26,27)/t9-,10+,11+,12+,13-,14-/m0/s1. The van der Waals surface area contributed by atoms with Crippen LogP contribution in [0, 0.1) is 0 Å². The van der Waals surface area contributed by atoms with Gasteiger partial charge in [0.15, 0.2) is 6.10 Å². The molecule has 19 nitrogen and oxygen atoms in total. The lowest BCUT2D eigenvalue weighted by Crippen LogP contribution is -2.67. The average Bonchev–Trinajstić information content (AvgIpc) is 2.66. The number of carbonyl (C=O) groups excluding carboxylic acids is 1. The van der Waals surface area contributed by atoms with Gasteiger partial charge in [0.1, 0.15) is 30.5 Å². The number of carbonyl (C=O) groups is 1. The summed E-state index contributed by atoms with van der Waals surface area (Å²) in [5.74, 6) is -1.07. The molecule has 0 saturated heterocycles. The van der Waals surface area contributed by atoms with E-state index in [9.17, 15) is 62.2 Å². The molecule has 1 saturated carbocycles. The highest BCUT2D eigenvalue weighted by molar-refractivity contribution is 7.47. The van der Waals surface area contributed by atoms with Crippen LogP contribution in [0.5, 0.6) is 0 Å². The topological polar surface area (TPSA) is 303 Å². The zero-order chi connectivity index (χ0) is 28.8. The van der Waals surface area contributed by atoms with E-state index in [1.807, 2.05) is 0 Å². The lowest BCUT2D eigenvalue weighted by atomic mass is 9.84. The maximum Gasteiger partial charge on any atom is 0.470 e. The largest absolute Gasteiger partial charge is 0.470 e. The van der Waals surface area contributed by atoms with E-state index in [2.05, 4.69) is 18.1 Å². The molecule has 0 spiro atoms. The fourth-order valence-corrected chi connectivity index (χ4v) is 5.57. The first-order chi connectivity index (χ1) is 16.7. The zero-order valence-corrected chi connectivity index (χ0v) is 22.9. The summed E-state index contributed by atoms with van der Waals surface area (Å²) in [5, 5.41) is 0. The first-order valence-electron chi connectivity index (χ1n) is 10.4. The van der Waals surface area contributed by atoms with Crippen molar-refractivity contribution in [3.8, 4) is 0 Å². The zero-order valence-electron chi connectivity index (χ0n) is 19.4. The summed E-state index contributed by atoms with van der Waals surface area (Å²) in [7, 11) is -22.7. The molecule has 0 radical (unpaired) electrons. The average molecular weight is 626 g/mol. The molecular weight excluding hydrogens is 596 g/mol. The van der Waals surface area contributed by atoms with Crippen LogP contribution in [-0.4, -0.2) is 88.3 Å². The molecule has 0 unspecified atom stereocenters. The Labute approximate surface area is 210 Å². The van der Waals surface area contributed by atoms with Gasteiger partial charge < -0.3 is 48.6 Å². The fourth-order valence-electron chi connectivity index (χ4n) is 3.34. The summed E-state index contributed by atoms with van der Waals surface area (Å²) >= 11 is 0. The van der Waals surface area contributed by atoms with Gasteiger partial charge in [-0.15, -0.1) is 0 Å². The van der Waals surface area contributed by atoms with E-state index < -0.39 is 73.9 Å². The van der Waals surface area contributed by atoms with Gasteiger partial charge in [0.25, 0.3) is 0 Å². The third kappa shape index (κ3) is 13.2. The second kappa shape index (κ2) is 14.0. The van der Waals surface area contributed by atoms with Gasteiger partial charge in [-0.1, -0.05) is 20.3 Å². The minimum Gasteiger partial charge on any atom is -0.457 e. The SMILES string of the molecule is CCCCO[C@H]1[C@@H](OC(=O)CCC)[C@@H](OP(=O)(O)O)[C@H](OP(=O)(O)O)[C@@H](OP(=O)(O)O)[C@@H]1OP(=O)(O)O. The van der Waals surface area contributed by atoms with E-state index in [4.69, 9.17) is 9.47 Å². The Kier molecular flexibility index (Phi) is 13.2. The first kappa shape index (κ1) is 34.9. The van der Waals surface area contributed by atoms with Crippen LogP contribution in [0.25, 0.3) is 0 Å². The maximum absolute atomic E-state index is 12.3. The van der Waals surface area contributed by atoms with Crippen LogP contribution in [-0.2, 0) is 50.6 Å². The van der Waals surface area contributed by atoms with Crippen LogP contribution in [0.1, 0.15) is 39.5 Å². The van der Waals surface area contributed by atoms with Crippen molar-refractivity contribution in [2.24, 2.45) is 0 Å². The normalized spacial score (nSPS) is 27.7. The molecule has 37 heavy (non-hydrogen) atoms. The molecule has 0 bridgehead atoms. The number of unbranched alkanes of at least 4 members (excludes halogenated alkanes) is 1. The van der Waals surface area contributed by atoms with E-state index in [0.29, 0.717) is 6.42 Å². The molecule has 1 rings (SSSR count). The number of phosphoric acid groups is 4. The maximum atomic E-state index is 12.3. The Morgan fingerprint density at radius 1 is 0.595 bits per heavy atom. The number of phosphoric ester groups is 4. The van der Waals surface area contributed by atoms with Crippen LogP contribution < -0.4 is 0 Å². The van der Waals surface area contributed by atoms with Crippen molar-refractivity contribution in [3.05, 3.63) is 0 Å². The summed E-state index contributed by atoms with van der Waals surface area (Å²) in [4.78, 5) is 87.5. The Hall–Kier alpha value is -0.130. The Balaban J connectivity index is 3.88. The van der Waals surface area contributed by atoms with Crippen molar-refractivity contribution in [2.45, 2.75) is 76.2 Å². The summed E-state index contributed by atoms with van der Waals surface area (Å²) in [6, 6.07) is 0. The molecule has 0 aromatic rings. The predicted octanol–water partition coefficient (Wildman–Crippen LogP) is -0.191. The van der Waals surface area contributed by atoms with Crippen LogP contribution in [0.15, 0.2) is 0 Å². The molecule has 23 heteroatoms. The van der Waals surface area contributed by atoms with E-state index in [1.54, 1.807) is 13.8 Å². The lowest BCUT2D eigenvalue weighted by Gasteiger charge is -2.48. The van der Waals surface area contributed by atoms with Crippen LogP contribution in [0.3, 0.4) is 0 Å². The summed E-state index contributed by atoms with van der Waals surface area (Å²) in [5.41, 5.74) is 0. The van der Waals surface area contributed by atoms with Crippen LogP contribution in [0.2, 0.25) is 0 Å². The highest BCUT2D eigenvalue weighted by atomic mass is 31.2. The van der Waals surface area contributed by atoms with Crippen LogP contribution in [0.4, 0.5) is 0 Å². The molecule has 0 amide bonds. The monoisotopic (exact) mass is 626 g/mol. The van der Waals surface area contributed by atoms with E-state index in [-0.39, 0.29) is 25.9 Å². The number of hydrogen-bond donors (Lipinski definition) is 8. The van der Waals surface area contributed by atoms with E-state index >= 15 is 0 Å².